The number of hydrogen-bond acceptors (Lipinski definition) is 5. The van der Waals surface area contributed by atoms with Gasteiger partial charge in [0.2, 0.25) is 0 Å². The van der Waals surface area contributed by atoms with Gasteiger partial charge in [-0.1, -0.05) is 0 Å². The van der Waals surface area contributed by atoms with Gasteiger partial charge >= 0.3 is 12.0 Å². The van der Waals surface area contributed by atoms with Gasteiger partial charge in [0.25, 0.3) is 0 Å². The molecule has 3 N–H and O–H groups in total. The molecule has 1 atom stereocenters. The van der Waals surface area contributed by atoms with Crippen molar-refractivity contribution in [2.24, 2.45) is 0 Å². The summed E-state index contributed by atoms with van der Waals surface area (Å²) in [5.74, 6) is -0.330. The molecule has 1 rings (SSSR count). The molecule has 8 heteroatoms. The fourth-order valence-corrected chi connectivity index (χ4v) is 2.56. The molecule has 6 nitrogen and oxygen atoms in total. The minimum atomic E-state index is -1.02. The number of urea groups is 1. The molecule has 0 aromatic carbocycles. The first-order chi connectivity index (χ1) is 9.02. The number of thioether (sulfide) groups is 1. The Hall–Kier alpha value is -1.28. The number of amides is 2. The van der Waals surface area contributed by atoms with E-state index in [0.29, 0.717) is 18.7 Å². The van der Waals surface area contributed by atoms with Crippen molar-refractivity contribution in [2.75, 3.05) is 12.0 Å². The number of aromatic nitrogens is 1. The molecule has 19 heavy (non-hydrogen) atoms. The molecule has 0 aliphatic rings. The van der Waals surface area contributed by atoms with E-state index < -0.39 is 18.0 Å². The standard InChI is InChI=1S/C11H17N3O3S2/c1-7-12-5-8(19-7)6-13-11(17)14-9(10(15)16)3-4-18-2/h5,9H,3-4,6H2,1-2H3,(H,15,16)(H2,13,14,17). The zero-order valence-electron chi connectivity index (χ0n) is 10.8. The zero-order chi connectivity index (χ0) is 14.3. The molecule has 0 saturated heterocycles. The van der Waals surface area contributed by atoms with E-state index in [-0.39, 0.29) is 0 Å². The lowest BCUT2D eigenvalue weighted by Crippen LogP contribution is -2.46. The highest BCUT2D eigenvalue weighted by molar-refractivity contribution is 7.98. The molecule has 1 unspecified atom stereocenters. The van der Waals surface area contributed by atoms with Crippen LogP contribution in [-0.2, 0) is 11.3 Å². The van der Waals surface area contributed by atoms with Crippen molar-refractivity contribution in [3.05, 3.63) is 16.1 Å². The number of carboxylic acid groups (broad SMARTS) is 1. The zero-order valence-corrected chi connectivity index (χ0v) is 12.4. The quantitative estimate of drug-likeness (QED) is 0.709. The minimum Gasteiger partial charge on any atom is -0.480 e. The first kappa shape index (κ1) is 15.8. The van der Waals surface area contributed by atoms with Crippen LogP contribution in [0.3, 0.4) is 0 Å². The highest BCUT2D eigenvalue weighted by Gasteiger charge is 2.19. The van der Waals surface area contributed by atoms with E-state index >= 15 is 0 Å². The molecule has 1 heterocycles. The SMILES string of the molecule is CSCCC(NC(=O)NCc1cnc(C)s1)C(=O)O. The maximum atomic E-state index is 11.6. The third kappa shape index (κ3) is 5.93. The Morgan fingerprint density at radius 1 is 1.58 bits per heavy atom. The van der Waals surface area contributed by atoms with Crippen molar-refractivity contribution in [3.63, 3.8) is 0 Å². The molecule has 0 spiro atoms. The third-order valence-corrected chi connectivity index (χ3v) is 3.86. The highest BCUT2D eigenvalue weighted by atomic mass is 32.2. The normalized spacial score (nSPS) is 11.9. The Labute approximate surface area is 120 Å². The summed E-state index contributed by atoms with van der Waals surface area (Å²) in [4.78, 5) is 27.6. The molecule has 0 aliphatic carbocycles. The Balaban J connectivity index is 2.37. The van der Waals surface area contributed by atoms with Crippen LogP contribution in [0, 0.1) is 6.92 Å². The number of carbonyl (C=O) groups is 2. The summed E-state index contributed by atoms with van der Waals surface area (Å²) >= 11 is 3.04. The molecule has 2 amide bonds. The van der Waals surface area contributed by atoms with Crippen molar-refractivity contribution in [2.45, 2.75) is 25.9 Å². The van der Waals surface area contributed by atoms with E-state index in [4.69, 9.17) is 5.11 Å². The lowest BCUT2D eigenvalue weighted by molar-refractivity contribution is -0.139. The molecule has 0 aliphatic heterocycles. The molecule has 0 fully saturated rings. The molecule has 0 bridgehead atoms. The number of aryl methyl sites for hydroxylation is 1. The van der Waals surface area contributed by atoms with Crippen molar-refractivity contribution < 1.29 is 14.7 Å². The fourth-order valence-electron chi connectivity index (χ4n) is 1.36. The number of carbonyl (C=O) groups excluding carboxylic acids is 1. The van der Waals surface area contributed by atoms with Crippen molar-refractivity contribution in [1.29, 1.82) is 0 Å². The van der Waals surface area contributed by atoms with E-state index in [0.717, 1.165) is 9.88 Å². The monoisotopic (exact) mass is 303 g/mol. The predicted molar refractivity (Wildman–Crippen MR) is 76.6 cm³/mol. The van der Waals surface area contributed by atoms with E-state index in [1.807, 2.05) is 13.2 Å². The van der Waals surface area contributed by atoms with Gasteiger partial charge in [0.1, 0.15) is 6.04 Å². The van der Waals surface area contributed by atoms with Gasteiger partial charge < -0.3 is 15.7 Å². The summed E-state index contributed by atoms with van der Waals surface area (Å²) in [5.41, 5.74) is 0. The van der Waals surface area contributed by atoms with Gasteiger partial charge in [-0.3, -0.25) is 0 Å². The van der Waals surface area contributed by atoms with Crippen LogP contribution in [0.1, 0.15) is 16.3 Å². The van der Waals surface area contributed by atoms with Crippen molar-refractivity contribution in [1.82, 2.24) is 15.6 Å². The van der Waals surface area contributed by atoms with Gasteiger partial charge in [-0.25, -0.2) is 14.6 Å². The maximum Gasteiger partial charge on any atom is 0.326 e. The van der Waals surface area contributed by atoms with Crippen molar-refractivity contribution in [3.8, 4) is 0 Å². The summed E-state index contributed by atoms with van der Waals surface area (Å²) in [6, 6.07) is -1.32. The molecule has 1 aromatic heterocycles. The Morgan fingerprint density at radius 3 is 2.84 bits per heavy atom. The van der Waals surface area contributed by atoms with Gasteiger partial charge in [-0.15, -0.1) is 11.3 Å². The largest absolute Gasteiger partial charge is 0.480 e. The minimum absolute atomic E-state index is 0.353. The van der Waals surface area contributed by atoms with Crippen LogP contribution in [0.5, 0.6) is 0 Å². The number of rotatable bonds is 7. The van der Waals surface area contributed by atoms with Gasteiger partial charge in [-0.2, -0.15) is 11.8 Å². The number of carboxylic acids is 1. The summed E-state index contributed by atoms with van der Waals surface area (Å²) in [6.07, 6.45) is 4.00. The first-order valence-corrected chi connectivity index (χ1v) is 7.91. The first-order valence-electron chi connectivity index (χ1n) is 5.70. The molecule has 106 valence electrons. The van der Waals surface area contributed by atoms with Crippen LogP contribution >= 0.6 is 23.1 Å². The molecule has 0 saturated carbocycles. The van der Waals surface area contributed by atoms with E-state index in [2.05, 4.69) is 15.6 Å². The molecular formula is C11H17N3O3S2. The average molecular weight is 303 g/mol. The highest BCUT2D eigenvalue weighted by Crippen LogP contribution is 2.10. The van der Waals surface area contributed by atoms with Crippen LogP contribution < -0.4 is 10.6 Å². The second kappa shape index (κ2) is 8.00. The van der Waals surface area contributed by atoms with Gasteiger partial charge in [0.05, 0.1) is 11.6 Å². The van der Waals surface area contributed by atoms with E-state index in [1.165, 1.54) is 11.3 Å². The number of aliphatic carboxylic acids is 1. The topological polar surface area (TPSA) is 91.3 Å². The number of thiazole rings is 1. The van der Waals surface area contributed by atoms with Crippen LogP contribution in [0.15, 0.2) is 6.20 Å². The number of hydrogen-bond donors (Lipinski definition) is 3. The van der Waals surface area contributed by atoms with Crippen LogP contribution in [0.25, 0.3) is 0 Å². The Kier molecular flexibility index (Phi) is 6.65. The summed E-state index contributed by atoms with van der Waals surface area (Å²) in [6.45, 7) is 2.24. The van der Waals surface area contributed by atoms with E-state index in [9.17, 15) is 9.59 Å². The van der Waals surface area contributed by atoms with Gasteiger partial charge in [0, 0.05) is 11.1 Å². The predicted octanol–water partition coefficient (Wildman–Crippen LogP) is 1.46. The molecule has 1 aromatic rings. The number of nitrogens with zero attached hydrogens (tertiary/aromatic N) is 1. The average Bonchev–Trinajstić information content (AvgIpc) is 2.77. The van der Waals surface area contributed by atoms with Crippen LogP contribution in [-0.4, -0.2) is 40.1 Å². The van der Waals surface area contributed by atoms with Crippen molar-refractivity contribution >= 4 is 35.1 Å². The second-order valence-corrected chi connectivity index (χ2v) is 6.15. The second-order valence-electron chi connectivity index (χ2n) is 3.84. The lowest BCUT2D eigenvalue weighted by atomic mass is 10.2. The Bertz CT molecular complexity index is 437. The maximum absolute atomic E-state index is 11.6. The molecular weight excluding hydrogens is 286 g/mol. The fraction of sp³-hybridized carbons (Fsp3) is 0.545. The van der Waals surface area contributed by atoms with Gasteiger partial charge in [-0.05, 0) is 25.4 Å². The summed E-state index contributed by atoms with van der Waals surface area (Å²) in [5, 5.41) is 15.0. The van der Waals surface area contributed by atoms with E-state index in [1.54, 1.807) is 18.0 Å². The Morgan fingerprint density at radius 2 is 2.32 bits per heavy atom. The van der Waals surface area contributed by atoms with Gasteiger partial charge in [0.15, 0.2) is 0 Å². The van der Waals surface area contributed by atoms with Crippen LogP contribution in [0.2, 0.25) is 0 Å². The lowest BCUT2D eigenvalue weighted by Gasteiger charge is -2.14. The summed E-state index contributed by atoms with van der Waals surface area (Å²) in [7, 11) is 0. The molecule has 0 radical (unpaired) electrons. The third-order valence-electron chi connectivity index (χ3n) is 2.31. The summed E-state index contributed by atoms with van der Waals surface area (Å²) < 4.78 is 0. The number of nitrogens with one attached hydrogen (secondary N) is 2. The van der Waals surface area contributed by atoms with Crippen LogP contribution in [0.4, 0.5) is 4.79 Å². The smallest absolute Gasteiger partial charge is 0.326 e.